The SMILES string of the molecule is CCC(C)(CN)Cc1cccc(Br)c1. The van der Waals surface area contributed by atoms with E-state index in [9.17, 15) is 0 Å². The largest absolute Gasteiger partial charge is 0.330 e. The van der Waals surface area contributed by atoms with E-state index >= 15 is 0 Å². The normalized spacial score (nSPS) is 15.1. The van der Waals surface area contributed by atoms with Gasteiger partial charge in [0.1, 0.15) is 0 Å². The summed E-state index contributed by atoms with van der Waals surface area (Å²) >= 11 is 3.48. The maximum atomic E-state index is 5.79. The number of rotatable bonds is 4. The van der Waals surface area contributed by atoms with E-state index in [1.807, 2.05) is 0 Å². The van der Waals surface area contributed by atoms with Crippen molar-refractivity contribution >= 4 is 15.9 Å². The Bertz CT molecular complexity index is 292. The van der Waals surface area contributed by atoms with Crippen LogP contribution in [-0.2, 0) is 6.42 Å². The molecular weight excluding hydrogens is 238 g/mol. The third-order valence-electron chi connectivity index (χ3n) is 2.87. The van der Waals surface area contributed by atoms with Crippen molar-refractivity contribution in [1.82, 2.24) is 0 Å². The van der Waals surface area contributed by atoms with E-state index in [0.29, 0.717) is 0 Å². The van der Waals surface area contributed by atoms with Gasteiger partial charge in [-0.05, 0) is 42.5 Å². The van der Waals surface area contributed by atoms with Gasteiger partial charge in [0.15, 0.2) is 0 Å². The van der Waals surface area contributed by atoms with E-state index < -0.39 is 0 Å². The standard InChI is InChI=1S/C12H18BrN/c1-3-12(2,9-14)8-10-5-4-6-11(13)7-10/h4-7H,3,8-9,14H2,1-2H3. The molecule has 0 aliphatic rings. The first-order chi connectivity index (χ1) is 6.59. The fourth-order valence-corrected chi connectivity index (χ4v) is 1.93. The van der Waals surface area contributed by atoms with Crippen molar-refractivity contribution < 1.29 is 0 Å². The van der Waals surface area contributed by atoms with Gasteiger partial charge in [0.25, 0.3) is 0 Å². The molecule has 0 bridgehead atoms. The second-order valence-corrected chi connectivity index (χ2v) is 5.09. The van der Waals surface area contributed by atoms with Crippen LogP contribution in [0.25, 0.3) is 0 Å². The van der Waals surface area contributed by atoms with Crippen LogP contribution < -0.4 is 5.73 Å². The minimum atomic E-state index is 0.237. The lowest BCUT2D eigenvalue weighted by atomic mass is 9.81. The molecule has 0 radical (unpaired) electrons. The summed E-state index contributed by atoms with van der Waals surface area (Å²) < 4.78 is 1.14. The highest BCUT2D eigenvalue weighted by Gasteiger charge is 2.20. The van der Waals surface area contributed by atoms with Crippen molar-refractivity contribution in [3.63, 3.8) is 0 Å². The Morgan fingerprint density at radius 1 is 1.43 bits per heavy atom. The number of hydrogen-bond donors (Lipinski definition) is 1. The van der Waals surface area contributed by atoms with Crippen molar-refractivity contribution in [2.75, 3.05) is 6.54 Å². The molecular formula is C12H18BrN. The summed E-state index contributed by atoms with van der Waals surface area (Å²) in [6.45, 7) is 5.19. The quantitative estimate of drug-likeness (QED) is 0.878. The van der Waals surface area contributed by atoms with Gasteiger partial charge in [-0.1, -0.05) is 41.9 Å². The van der Waals surface area contributed by atoms with Gasteiger partial charge in [-0.25, -0.2) is 0 Å². The fourth-order valence-electron chi connectivity index (χ4n) is 1.48. The third-order valence-corrected chi connectivity index (χ3v) is 3.36. The summed E-state index contributed by atoms with van der Waals surface area (Å²) in [5.74, 6) is 0. The van der Waals surface area contributed by atoms with Crippen molar-refractivity contribution in [3.05, 3.63) is 34.3 Å². The zero-order chi connectivity index (χ0) is 10.6. The van der Waals surface area contributed by atoms with Gasteiger partial charge in [0.2, 0.25) is 0 Å². The van der Waals surface area contributed by atoms with Gasteiger partial charge < -0.3 is 5.73 Å². The summed E-state index contributed by atoms with van der Waals surface area (Å²) in [4.78, 5) is 0. The van der Waals surface area contributed by atoms with Crippen molar-refractivity contribution in [3.8, 4) is 0 Å². The van der Waals surface area contributed by atoms with Crippen LogP contribution in [0.2, 0.25) is 0 Å². The molecule has 0 aliphatic carbocycles. The molecule has 14 heavy (non-hydrogen) atoms. The monoisotopic (exact) mass is 255 g/mol. The topological polar surface area (TPSA) is 26.0 Å². The minimum Gasteiger partial charge on any atom is -0.330 e. The van der Waals surface area contributed by atoms with Crippen molar-refractivity contribution in [2.45, 2.75) is 26.7 Å². The van der Waals surface area contributed by atoms with Crippen LogP contribution in [-0.4, -0.2) is 6.54 Å². The van der Waals surface area contributed by atoms with Gasteiger partial charge >= 0.3 is 0 Å². The molecule has 0 saturated heterocycles. The van der Waals surface area contributed by atoms with Crippen LogP contribution in [0.15, 0.2) is 28.7 Å². The van der Waals surface area contributed by atoms with E-state index in [-0.39, 0.29) is 5.41 Å². The molecule has 0 aliphatic heterocycles. The highest BCUT2D eigenvalue weighted by molar-refractivity contribution is 9.10. The first-order valence-electron chi connectivity index (χ1n) is 5.04. The number of hydrogen-bond acceptors (Lipinski definition) is 1. The Morgan fingerprint density at radius 3 is 2.64 bits per heavy atom. The summed E-state index contributed by atoms with van der Waals surface area (Å²) in [5.41, 5.74) is 7.38. The Balaban J connectivity index is 2.77. The molecule has 2 heteroatoms. The average molecular weight is 256 g/mol. The van der Waals surface area contributed by atoms with Gasteiger partial charge in [-0.3, -0.25) is 0 Å². The highest BCUT2D eigenvalue weighted by atomic mass is 79.9. The van der Waals surface area contributed by atoms with E-state index in [2.05, 4.69) is 54.0 Å². The Labute approximate surface area is 94.8 Å². The number of benzene rings is 1. The Morgan fingerprint density at radius 2 is 2.14 bits per heavy atom. The van der Waals surface area contributed by atoms with Crippen molar-refractivity contribution in [2.24, 2.45) is 11.1 Å². The first-order valence-corrected chi connectivity index (χ1v) is 5.83. The zero-order valence-corrected chi connectivity index (χ0v) is 10.5. The molecule has 0 aromatic heterocycles. The molecule has 0 fully saturated rings. The van der Waals surface area contributed by atoms with Gasteiger partial charge in [-0.2, -0.15) is 0 Å². The van der Waals surface area contributed by atoms with Crippen LogP contribution in [0, 0.1) is 5.41 Å². The Kier molecular flexibility index (Phi) is 4.14. The smallest absolute Gasteiger partial charge is 0.0177 e. The van der Waals surface area contributed by atoms with Crippen LogP contribution in [0.4, 0.5) is 0 Å². The van der Waals surface area contributed by atoms with E-state index in [1.165, 1.54) is 5.56 Å². The van der Waals surface area contributed by atoms with Gasteiger partial charge in [0.05, 0.1) is 0 Å². The predicted molar refractivity (Wildman–Crippen MR) is 65.3 cm³/mol. The molecule has 0 saturated carbocycles. The summed E-state index contributed by atoms with van der Waals surface area (Å²) in [6, 6.07) is 8.46. The lowest BCUT2D eigenvalue weighted by Gasteiger charge is -2.26. The van der Waals surface area contributed by atoms with Crippen LogP contribution in [0.5, 0.6) is 0 Å². The predicted octanol–water partition coefficient (Wildman–Crippen LogP) is 3.37. The van der Waals surface area contributed by atoms with Crippen LogP contribution in [0.1, 0.15) is 25.8 Å². The maximum absolute atomic E-state index is 5.79. The van der Waals surface area contributed by atoms with E-state index in [4.69, 9.17) is 5.73 Å². The summed E-state index contributed by atoms with van der Waals surface area (Å²) in [7, 11) is 0. The lowest BCUT2D eigenvalue weighted by molar-refractivity contribution is 0.320. The minimum absolute atomic E-state index is 0.237. The molecule has 78 valence electrons. The molecule has 1 aromatic carbocycles. The van der Waals surface area contributed by atoms with E-state index in [1.54, 1.807) is 0 Å². The zero-order valence-electron chi connectivity index (χ0n) is 8.89. The Hall–Kier alpha value is -0.340. The lowest BCUT2D eigenvalue weighted by Crippen LogP contribution is -2.28. The summed E-state index contributed by atoms with van der Waals surface area (Å²) in [5, 5.41) is 0. The maximum Gasteiger partial charge on any atom is 0.0177 e. The van der Waals surface area contributed by atoms with Gasteiger partial charge in [0, 0.05) is 4.47 Å². The summed E-state index contributed by atoms with van der Waals surface area (Å²) in [6.07, 6.45) is 2.18. The highest BCUT2D eigenvalue weighted by Crippen LogP contribution is 2.26. The van der Waals surface area contributed by atoms with E-state index in [0.717, 1.165) is 23.9 Å². The molecule has 0 spiro atoms. The molecule has 0 amide bonds. The fraction of sp³-hybridized carbons (Fsp3) is 0.500. The first kappa shape index (κ1) is 11.7. The third kappa shape index (κ3) is 3.10. The average Bonchev–Trinajstić information content (AvgIpc) is 2.18. The molecule has 1 aromatic rings. The molecule has 1 unspecified atom stereocenters. The molecule has 1 nitrogen and oxygen atoms in total. The molecule has 1 atom stereocenters. The van der Waals surface area contributed by atoms with Crippen molar-refractivity contribution in [1.29, 1.82) is 0 Å². The van der Waals surface area contributed by atoms with Crippen LogP contribution >= 0.6 is 15.9 Å². The molecule has 2 N–H and O–H groups in total. The second kappa shape index (κ2) is 4.94. The van der Waals surface area contributed by atoms with Crippen LogP contribution in [0.3, 0.4) is 0 Å². The molecule has 0 heterocycles. The number of halogens is 1. The van der Waals surface area contributed by atoms with Gasteiger partial charge in [-0.15, -0.1) is 0 Å². The molecule has 1 rings (SSSR count). The second-order valence-electron chi connectivity index (χ2n) is 4.18. The number of nitrogens with two attached hydrogens (primary N) is 1.